The number of halogens is 3. The number of carbonyl (C=O) groups is 1. The van der Waals surface area contributed by atoms with E-state index < -0.39 is 17.8 Å². The fourth-order valence-corrected chi connectivity index (χ4v) is 2.53. The Morgan fingerprint density at radius 3 is 3.00 bits per heavy atom. The van der Waals surface area contributed by atoms with Crippen LogP contribution in [-0.2, 0) is 19.3 Å². The normalized spacial score (nSPS) is 13.9. The summed E-state index contributed by atoms with van der Waals surface area (Å²) >= 11 is 0.841. The van der Waals surface area contributed by atoms with Crippen LogP contribution >= 0.6 is 11.3 Å². The van der Waals surface area contributed by atoms with Crippen molar-refractivity contribution in [2.75, 3.05) is 6.61 Å². The fraction of sp³-hybridized carbons (Fsp3) is 0.364. The van der Waals surface area contributed by atoms with Crippen molar-refractivity contribution in [3.63, 3.8) is 0 Å². The summed E-state index contributed by atoms with van der Waals surface area (Å²) < 4.78 is 43.9. The average Bonchev–Trinajstić information content (AvgIpc) is 3.09. The molecule has 10 heteroatoms. The number of amides is 1. The molecular weight excluding hydrogens is 309 g/mol. The largest absolute Gasteiger partial charge is 0.476 e. The lowest BCUT2D eigenvalue weighted by Gasteiger charge is -2.01. The van der Waals surface area contributed by atoms with Crippen molar-refractivity contribution >= 4 is 17.2 Å². The van der Waals surface area contributed by atoms with Gasteiger partial charge in [-0.2, -0.15) is 18.3 Å². The summed E-state index contributed by atoms with van der Waals surface area (Å²) in [6.07, 6.45) is -4.47. The molecule has 1 amide bonds. The molecule has 21 heavy (non-hydrogen) atoms. The minimum atomic E-state index is -4.47. The standard InChI is InChI=1S/C11H9F3N4O2S/c12-11(13,14)7-5-21-8(16-7)4-15-10(19)6-3-9-18(17-6)1-2-20-9/h3,5H,1-2,4H2,(H,15,19). The van der Waals surface area contributed by atoms with Crippen molar-refractivity contribution in [3.8, 4) is 5.88 Å². The summed E-state index contributed by atoms with van der Waals surface area (Å²) in [4.78, 5) is 15.3. The third-order valence-corrected chi connectivity index (χ3v) is 3.62. The lowest BCUT2D eigenvalue weighted by Crippen LogP contribution is -2.23. The fourth-order valence-electron chi connectivity index (χ4n) is 1.79. The second kappa shape index (κ2) is 5.02. The van der Waals surface area contributed by atoms with E-state index in [9.17, 15) is 18.0 Å². The summed E-state index contributed by atoms with van der Waals surface area (Å²) in [5.74, 6) is 0.0259. The van der Waals surface area contributed by atoms with Crippen LogP contribution < -0.4 is 10.1 Å². The predicted molar refractivity (Wildman–Crippen MR) is 66.0 cm³/mol. The molecule has 6 nitrogen and oxygen atoms in total. The molecule has 0 saturated heterocycles. The van der Waals surface area contributed by atoms with Crippen LogP contribution in [-0.4, -0.2) is 27.3 Å². The lowest BCUT2D eigenvalue weighted by atomic mass is 10.4. The number of hydrogen-bond donors (Lipinski definition) is 1. The van der Waals surface area contributed by atoms with Crippen LogP contribution in [0.4, 0.5) is 13.2 Å². The molecule has 0 aliphatic carbocycles. The molecule has 0 bridgehead atoms. The number of nitrogens with zero attached hydrogens (tertiary/aromatic N) is 3. The highest BCUT2D eigenvalue weighted by Crippen LogP contribution is 2.29. The minimum absolute atomic E-state index is 0.0807. The highest BCUT2D eigenvalue weighted by Gasteiger charge is 2.33. The Balaban J connectivity index is 1.62. The van der Waals surface area contributed by atoms with Gasteiger partial charge < -0.3 is 10.1 Å². The zero-order chi connectivity index (χ0) is 15.0. The van der Waals surface area contributed by atoms with Crippen LogP contribution in [0.1, 0.15) is 21.2 Å². The van der Waals surface area contributed by atoms with Gasteiger partial charge in [-0.05, 0) is 0 Å². The van der Waals surface area contributed by atoms with Crippen molar-refractivity contribution in [1.29, 1.82) is 0 Å². The molecule has 0 saturated carbocycles. The molecule has 112 valence electrons. The van der Waals surface area contributed by atoms with Crippen LogP contribution in [0, 0.1) is 0 Å². The zero-order valence-corrected chi connectivity index (χ0v) is 11.3. The third kappa shape index (κ3) is 2.84. The van der Waals surface area contributed by atoms with E-state index in [0.717, 1.165) is 16.7 Å². The van der Waals surface area contributed by atoms with E-state index in [1.54, 1.807) is 4.68 Å². The number of nitrogens with one attached hydrogen (secondary N) is 1. The Labute approximate surface area is 120 Å². The van der Waals surface area contributed by atoms with Crippen LogP contribution in [0.2, 0.25) is 0 Å². The second-order valence-corrected chi connectivity index (χ2v) is 5.19. The second-order valence-electron chi connectivity index (χ2n) is 4.25. The van der Waals surface area contributed by atoms with Gasteiger partial charge in [-0.15, -0.1) is 11.3 Å². The van der Waals surface area contributed by atoms with Gasteiger partial charge in [-0.1, -0.05) is 0 Å². The highest BCUT2D eigenvalue weighted by molar-refractivity contribution is 7.09. The Morgan fingerprint density at radius 2 is 2.33 bits per heavy atom. The lowest BCUT2D eigenvalue weighted by molar-refractivity contribution is -0.140. The third-order valence-electron chi connectivity index (χ3n) is 2.77. The van der Waals surface area contributed by atoms with Gasteiger partial charge in [0.1, 0.15) is 11.6 Å². The van der Waals surface area contributed by atoms with Gasteiger partial charge in [0, 0.05) is 11.4 Å². The summed E-state index contributed by atoms with van der Waals surface area (Å²) in [5, 5.41) is 7.61. The van der Waals surface area contributed by atoms with E-state index in [1.807, 2.05) is 0 Å². The Morgan fingerprint density at radius 1 is 1.52 bits per heavy atom. The van der Waals surface area contributed by atoms with E-state index >= 15 is 0 Å². The summed E-state index contributed by atoms with van der Waals surface area (Å²) in [6.45, 7) is 1.01. The van der Waals surface area contributed by atoms with Crippen molar-refractivity contribution in [2.45, 2.75) is 19.3 Å². The molecule has 3 heterocycles. The highest BCUT2D eigenvalue weighted by atomic mass is 32.1. The van der Waals surface area contributed by atoms with Crippen LogP contribution in [0.3, 0.4) is 0 Å². The van der Waals surface area contributed by atoms with Gasteiger partial charge in [-0.25, -0.2) is 9.67 Å². The van der Waals surface area contributed by atoms with Crippen molar-refractivity contribution < 1.29 is 22.7 Å². The van der Waals surface area contributed by atoms with E-state index in [2.05, 4.69) is 15.4 Å². The molecule has 1 aliphatic heterocycles. The molecular formula is C11H9F3N4O2S. The SMILES string of the molecule is O=C(NCc1nc(C(F)(F)F)cs1)c1cc2n(n1)CCO2. The molecule has 1 N–H and O–H groups in total. The summed E-state index contributed by atoms with van der Waals surface area (Å²) in [6, 6.07) is 1.49. The number of hydrogen-bond acceptors (Lipinski definition) is 5. The van der Waals surface area contributed by atoms with E-state index in [0.29, 0.717) is 19.0 Å². The smallest absolute Gasteiger partial charge is 0.434 e. The molecule has 2 aromatic heterocycles. The van der Waals surface area contributed by atoms with Crippen LogP contribution in [0.5, 0.6) is 5.88 Å². The zero-order valence-electron chi connectivity index (χ0n) is 10.5. The molecule has 3 rings (SSSR count). The minimum Gasteiger partial charge on any atom is -0.476 e. The van der Waals surface area contributed by atoms with Gasteiger partial charge in [0.15, 0.2) is 11.4 Å². The number of rotatable bonds is 3. The molecule has 1 aliphatic rings. The van der Waals surface area contributed by atoms with Crippen LogP contribution in [0.15, 0.2) is 11.4 Å². The molecule has 2 aromatic rings. The number of thiazole rings is 1. The number of ether oxygens (including phenoxy) is 1. The molecule has 0 aromatic carbocycles. The van der Waals surface area contributed by atoms with Crippen molar-refractivity contribution in [3.05, 3.63) is 27.8 Å². The predicted octanol–water partition coefficient (Wildman–Crippen LogP) is 1.68. The average molecular weight is 318 g/mol. The summed E-state index contributed by atoms with van der Waals surface area (Å²) in [5.41, 5.74) is -0.789. The topological polar surface area (TPSA) is 69.0 Å². The molecule has 0 atom stereocenters. The molecule has 0 radical (unpaired) electrons. The first-order valence-corrected chi connectivity index (χ1v) is 6.82. The summed E-state index contributed by atoms with van der Waals surface area (Å²) in [7, 11) is 0. The molecule has 0 unspecified atom stereocenters. The number of carbonyl (C=O) groups excluding carboxylic acids is 1. The van der Waals surface area contributed by atoms with Gasteiger partial charge in [0.25, 0.3) is 5.91 Å². The number of alkyl halides is 3. The van der Waals surface area contributed by atoms with Gasteiger partial charge in [0.2, 0.25) is 5.88 Å². The van der Waals surface area contributed by atoms with Gasteiger partial charge in [0.05, 0.1) is 13.1 Å². The molecule has 0 fully saturated rings. The monoisotopic (exact) mass is 318 g/mol. The Kier molecular flexibility index (Phi) is 3.32. The maximum atomic E-state index is 12.4. The first-order chi connectivity index (χ1) is 9.93. The number of aromatic nitrogens is 3. The molecule has 0 spiro atoms. The van der Waals surface area contributed by atoms with E-state index in [-0.39, 0.29) is 17.2 Å². The maximum absolute atomic E-state index is 12.4. The number of fused-ring (bicyclic) bond motifs is 1. The maximum Gasteiger partial charge on any atom is 0.434 e. The van der Waals surface area contributed by atoms with Crippen LogP contribution in [0.25, 0.3) is 0 Å². The van der Waals surface area contributed by atoms with Gasteiger partial charge >= 0.3 is 6.18 Å². The first kappa shape index (κ1) is 13.9. The first-order valence-electron chi connectivity index (χ1n) is 5.94. The van der Waals surface area contributed by atoms with E-state index in [4.69, 9.17) is 4.74 Å². The van der Waals surface area contributed by atoms with Gasteiger partial charge in [-0.3, -0.25) is 4.79 Å². The quantitative estimate of drug-likeness (QED) is 0.935. The van der Waals surface area contributed by atoms with E-state index in [1.165, 1.54) is 6.07 Å². The Bertz CT molecular complexity index is 658. The Hall–Kier alpha value is -2.10. The van der Waals surface area contributed by atoms with Crippen molar-refractivity contribution in [2.24, 2.45) is 0 Å². The van der Waals surface area contributed by atoms with Crippen molar-refractivity contribution in [1.82, 2.24) is 20.1 Å².